The van der Waals surface area contributed by atoms with Crippen LogP contribution in [0.3, 0.4) is 0 Å². The van der Waals surface area contributed by atoms with Gasteiger partial charge < -0.3 is 9.64 Å². The molecule has 1 amide bonds. The number of pyridine rings is 1. The number of rotatable bonds is 5. The highest BCUT2D eigenvalue weighted by atomic mass is 16.5. The third-order valence-corrected chi connectivity index (χ3v) is 6.39. The Balaban J connectivity index is 1.63. The van der Waals surface area contributed by atoms with Gasteiger partial charge in [-0.25, -0.2) is 9.67 Å². The van der Waals surface area contributed by atoms with Crippen LogP contribution in [0.25, 0.3) is 0 Å². The molecule has 156 valence electrons. The van der Waals surface area contributed by atoms with Gasteiger partial charge in [-0.05, 0) is 56.3 Å². The second-order valence-electron chi connectivity index (χ2n) is 8.23. The number of methoxy groups -OCH3 is 1. The lowest BCUT2D eigenvalue weighted by Crippen LogP contribution is -2.56. The highest BCUT2D eigenvalue weighted by Gasteiger charge is 2.45. The zero-order valence-electron chi connectivity index (χ0n) is 17.4. The third kappa shape index (κ3) is 3.59. The van der Waals surface area contributed by atoms with E-state index in [2.05, 4.69) is 39.5 Å². The van der Waals surface area contributed by atoms with Crippen LogP contribution in [0.2, 0.25) is 0 Å². The molecule has 0 radical (unpaired) electrons. The fourth-order valence-electron chi connectivity index (χ4n) is 4.66. The molecule has 3 heterocycles. The van der Waals surface area contributed by atoms with E-state index >= 15 is 0 Å². The summed E-state index contributed by atoms with van der Waals surface area (Å²) in [5.41, 5.74) is 0.163. The number of carbonyl (C=O) groups is 1. The average molecular weight is 399 g/mol. The molecule has 0 aromatic carbocycles. The summed E-state index contributed by atoms with van der Waals surface area (Å²) in [6.07, 6.45) is 8.05. The van der Waals surface area contributed by atoms with E-state index in [9.17, 15) is 4.79 Å². The first kappa shape index (κ1) is 19.8. The largest absolute Gasteiger partial charge is 0.481 e. The second-order valence-corrected chi connectivity index (χ2v) is 8.23. The Kier molecular flexibility index (Phi) is 5.49. The lowest BCUT2D eigenvalue weighted by molar-refractivity contribution is 0.0249. The number of nitrogens with zero attached hydrogens (tertiary/aromatic N) is 7. The minimum absolute atomic E-state index is 0.0223. The first-order valence-corrected chi connectivity index (χ1v) is 10.3. The number of carbonyl (C=O) groups excluding carboxylic acids is 1. The molecule has 9 heteroatoms. The van der Waals surface area contributed by atoms with E-state index in [1.54, 1.807) is 25.4 Å². The van der Waals surface area contributed by atoms with Gasteiger partial charge in [0, 0.05) is 25.4 Å². The first-order chi connectivity index (χ1) is 14.0. The number of ether oxygens (including phenoxy) is 1. The summed E-state index contributed by atoms with van der Waals surface area (Å²) in [7, 11) is 5.67. The Morgan fingerprint density at radius 1 is 1.24 bits per heavy atom. The van der Waals surface area contributed by atoms with Crippen LogP contribution in [-0.2, 0) is 5.54 Å². The van der Waals surface area contributed by atoms with Crippen molar-refractivity contribution in [3.8, 4) is 5.88 Å². The second kappa shape index (κ2) is 8.06. The minimum Gasteiger partial charge on any atom is -0.481 e. The number of piperidine rings is 1. The Morgan fingerprint density at radius 3 is 2.69 bits per heavy atom. The molecule has 1 saturated carbocycles. The van der Waals surface area contributed by atoms with Crippen LogP contribution in [0.5, 0.6) is 5.88 Å². The molecule has 1 aliphatic heterocycles. The highest BCUT2D eigenvalue weighted by Crippen LogP contribution is 2.38. The number of likely N-dealkylation sites (tertiary alicyclic amines) is 1. The summed E-state index contributed by atoms with van der Waals surface area (Å²) in [5.74, 6) is 1.35. The molecule has 0 spiro atoms. The van der Waals surface area contributed by atoms with Crippen molar-refractivity contribution in [2.45, 2.75) is 50.1 Å². The van der Waals surface area contributed by atoms with Gasteiger partial charge in [-0.15, -0.1) is 5.10 Å². The Hall–Kier alpha value is -2.55. The van der Waals surface area contributed by atoms with E-state index in [4.69, 9.17) is 4.74 Å². The molecule has 2 aromatic heterocycles. The third-order valence-electron chi connectivity index (χ3n) is 6.39. The average Bonchev–Trinajstić information content (AvgIpc) is 3.45. The van der Waals surface area contributed by atoms with Crippen LogP contribution < -0.4 is 4.74 Å². The van der Waals surface area contributed by atoms with Crippen molar-refractivity contribution < 1.29 is 9.53 Å². The monoisotopic (exact) mass is 399 g/mol. The van der Waals surface area contributed by atoms with Gasteiger partial charge >= 0.3 is 0 Å². The lowest BCUT2D eigenvalue weighted by Gasteiger charge is -2.46. The van der Waals surface area contributed by atoms with Crippen molar-refractivity contribution in [1.29, 1.82) is 0 Å². The number of tetrazole rings is 1. The van der Waals surface area contributed by atoms with Gasteiger partial charge in [0.15, 0.2) is 5.82 Å². The van der Waals surface area contributed by atoms with Gasteiger partial charge in [-0.2, -0.15) is 0 Å². The van der Waals surface area contributed by atoms with Crippen molar-refractivity contribution >= 4 is 5.91 Å². The predicted octanol–water partition coefficient (Wildman–Crippen LogP) is 1.88. The Labute approximate surface area is 171 Å². The van der Waals surface area contributed by atoms with Crippen molar-refractivity contribution in [2.75, 3.05) is 34.3 Å². The van der Waals surface area contributed by atoms with Crippen LogP contribution in [0, 0.1) is 0 Å². The molecule has 29 heavy (non-hydrogen) atoms. The molecule has 4 rings (SSSR count). The van der Waals surface area contributed by atoms with Crippen LogP contribution >= 0.6 is 0 Å². The lowest BCUT2D eigenvalue weighted by atomic mass is 9.86. The molecule has 2 aliphatic rings. The molecule has 1 saturated heterocycles. The van der Waals surface area contributed by atoms with E-state index in [0.29, 0.717) is 30.6 Å². The van der Waals surface area contributed by atoms with E-state index in [1.807, 2.05) is 9.58 Å². The zero-order chi connectivity index (χ0) is 20.4. The molecule has 9 nitrogen and oxygen atoms in total. The minimum atomic E-state index is -0.403. The summed E-state index contributed by atoms with van der Waals surface area (Å²) in [6.45, 7) is 1.27. The predicted molar refractivity (Wildman–Crippen MR) is 107 cm³/mol. The molecular weight excluding hydrogens is 370 g/mol. The van der Waals surface area contributed by atoms with E-state index in [1.165, 1.54) is 12.8 Å². The standard InChI is InChI=1S/C20H29N7O2/c1-25(2)20(19-22-23-24-27(19)16-7-4-5-8-16)11-6-12-26(14-20)18(28)15-9-10-17(29-3)21-13-15/h9-10,13,16H,4-8,11-12,14H2,1-3H3. The number of aromatic nitrogens is 5. The summed E-state index contributed by atoms with van der Waals surface area (Å²) < 4.78 is 7.13. The van der Waals surface area contributed by atoms with Crippen LogP contribution in [0.1, 0.15) is 60.7 Å². The van der Waals surface area contributed by atoms with Gasteiger partial charge in [0.25, 0.3) is 5.91 Å². The highest BCUT2D eigenvalue weighted by molar-refractivity contribution is 5.94. The maximum Gasteiger partial charge on any atom is 0.255 e. The van der Waals surface area contributed by atoms with E-state index in [-0.39, 0.29) is 5.91 Å². The van der Waals surface area contributed by atoms with Crippen molar-refractivity contribution in [2.24, 2.45) is 0 Å². The smallest absolute Gasteiger partial charge is 0.255 e. The van der Waals surface area contributed by atoms with Gasteiger partial charge in [-0.3, -0.25) is 9.69 Å². The van der Waals surface area contributed by atoms with Crippen molar-refractivity contribution in [3.63, 3.8) is 0 Å². The molecule has 1 aliphatic carbocycles. The van der Waals surface area contributed by atoms with Crippen LogP contribution in [0.15, 0.2) is 18.3 Å². The van der Waals surface area contributed by atoms with Gasteiger partial charge in [0.2, 0.25) is 5.88 Å². The summed E-state index contributed by atoms with van der Waals surface area (Å²) in [6, 6.07) is 3.84. The maximum atomic E-state index is 13.2. The number of hydrogen-bond donors (Lipinski definition) is 0. The van der Waals surface area contributed by atoms with Crippen molar-refractivity contribution in [1.82, 2.24) is 35.0 Å². The molecule has 0 N–H and O–H groups in total. The number of hydrogen-bond acceptors (Lipinski definition) is 7. The number of amides is 1. The topological polar surface area (TPSA) is 89.3 Å². The van der Waals surface area contributed by atoms with Crippen LogP contribution in [0.4, 0.5) is 0 Å². The number of likely N-dealkylation sites (N-methyl/N-ethyl adjacent to an activating group) is 1. The molecule has 1 atom stereocenters. The molecule has 1 unspecified atom stereocenters. The fraction of sp³-hybridized carbons (Fsp3) is 0.650. The Bertz CT molecular complexity index is 845. The summed E-state index contributed by atoms with van der Waals surface area (Å²) >= 11 is 0. The van der Waals surface area contributed by atoms with E-state index < -0.39 is 5.54 Å². The SMILES string of the molecule is COc1ccc(C(=O)N2CCCC(c3nnnn3C3CCCC3)(N(C)C)C2)cn1. The van der Waals surface area contributed by atoms with Crippen molar-refractivity contribution in [3.05, 3.63) is 29.7 Å². The molecule has 2 aromatic rings. The zero-order valence-corrected chi connectivity index (χ0v) is 17.4. The fourth-order valence-corrected chi connectivity index (χ4v) is 4.66. The van der Waals surface area contributed by atoms with Gasteiger partial charge in [0.1, 0.15) is 5.54 Å². The molecule has 0 bridgehead atoms. The Morgan fingerprint density at radius 2 is 2.03 bits per heavy atom. The molecular formula is C20H29N7O2. The normalized spacial score (nSPS) is 23.0. The summed E-state index contributed by atoms with van der Waals surface area (Å²) in [4.78, 5) is 21.5. The molecule has 2 fully saturated rings. The van der Waals surface area contributed by atoms with Gasteiger partial charge in [0.05, 0.1) is 18.7 Å². The first-order valence-electron chi connectivity index (χ1n) is 10.3. The van der Waals surface area contributed by atoms with Crippen LogP contribution in [-0.4, -0.2) is 75.2 Å². The van der Waals surface area contributed by atoms with Gasteiger partial charge in [-0.1, -0.05) is 12.8 Å². The maximum absolute atomic E-state index is 13.2. The summed E-state index contributed by atoms with van der Waals surface area (Å²) in [5, 5.41) is 12.8. The van der Waals surface area contributed by atoms with E-state index in [0.717, 1.165) is 31.5 Å². The quantitative estimate of drug-likeness (QED) is 0.758.